The zero-order valence-electron chi connectivity index (χ0n) is 7.36. The Labute approximate surface area is 90.0 Å². The lowest BCUT2D eigenvalue weighted by molar-refractivity contribution is 0.407. The van der Waals surface area contributed by atoms with Gasteiger partial charge in [0.2, 0.25) is 0 Å². The Hall–Kier alpha value is -0.160. The fourth-order valence-electron chi connectivity index (χ4n) is 1.44. The molecule has 5 heteroatoms. The average Bonchev–Trinajstić information content (AvgIpc) is 2.72. The molecule has 1 fully saturated rings. The van der Waals surface area contributed by atoms with Crippen LogP contribution in [0, 0.1) is 0 Å². The van der Waals surface area contributed by atoms with Gasteiger partial charge in [0.1, 0.15) is 4.60 Å². The van der Waals surface area contributed by atoms with Gasteiger partial charge in [0.05, 0.1) is 19.3 Å². The van der Waals surface area contributed by atoms with E-state index in [-0.39, 0.29) is 0 Å². The van der Waals surface area contributed by atoms with Crippen molar-refractivity contribution in [1.29, 1.82) is 0 Å². The summed E-state index contributed by atoms with van der Waals surface area (Å²) >= 11 is 5.47. The predicted octanol–water partition coefficient (Wildman–Crippen LogP) is 2.33. The molecule has 0 amide bonds. The van der Waals surface area contributed by atoms with Crippen molar-refractivity contribution >= 4 is 27.7 Å². The number of rotatable bonds is 2. The molecule has 2 heterocycles. The summed E-state index contributed by atoms with van der Waals surface area (Å²) < 4.78 is 8.12. The summed E-state index contributed by atoms with van der Waals surface area (Å²) in [5.41, 5.74) is 0. The Morgan fingerprint density at radius 2 is 2.62 bits per heavy atom. The summed E-state index contributed by atoms with van der Waals surface area (Å²) in [5, 5.41) is 4.30. The second kappa shape index (κ2) is 3.92. The Balaban J connectivity index is 2.24. The highest BCUT2D eigenvalue weighted by Gasteiger charge is 2.21. The second-order valence-electron chi connectivity index (χ2n) is 2.97. The first-order chi connectivity index (χ1) is 6.33. The van der Waals surface area contributed by atoms with E-state index in [1.807, 2.05) is 16.4 Å². The number of thioether (sulfide) groups is 1. The third-order valence-corrected chi connectivity index (χ3v) is 4.07. The Kier molecular flexibility index (Phi) is 2.83. The third kappa shape index (κ3) is 1.72. The smallest absolute Gasteiger partial charge is 0.171 e. The first kappa shape index (κ1) is 9.40. The van der Waals surface area contributed by atoms with Crippen molar-refractivity contribution in [3.8, 4) is 5.75 Å². The van der Waals surface area contributed by atoms with Gasteiger partial charge in [0, 0.05) is 5.75 Å². The molecule has 0 spiro atoms. The monoisotopic (exact) mass is 262 g/mol. The van der Waals surface area contributed by atoms with Gasteiger partial charge in [0.15, 0.2) is 5.75 Å². The van der Waals surface area contributed by atoms with Crippen LogP contribution in [0.1, 0.15) is 12.5 Å². The zero-order valence-corrected chi connectivity index (χ0v) is 9.77. The fraction of sp³-hybridized carbons (Fsp3) is 0.625. The Morgan fingerprint density at radius 1 is 1.77 bits per heavy atom. The molecular formula is C8H11BrN2OS. The van der Waals surface area contributed by atoms with Crippen molar-refractivity contribution < 1.29 is 4.74 Å². The summed E-state index contributed by atoms with van der Waals surface area (Å²) in [7, 11) is 1.66. The minimum atomic E-state index is 0.531. The summed E-state index contributed by atoms with van der Waals surface area (Å²) in [6.45, 7) is 0. The highest BCUT2D eigenvalue weighted by atomic mass is 79.9. The van der Waals surface area contributed by atoms with E-state index in [2.05, 4.69) is 21.0 Å². The first-order valence-corrected chi connectivity index (χ1v) is 6.12. The standard InChI is InChI=1S/C8H11BrN2OS/c1-12-7-4-10-11(8(7)9)6-2-3-13-5-6/h4,6H,2-3,5H2,1H3. The van der Waals surface area contributed by atoms with E-state index in [1.165, 1.54) is 12.2 Å². The number of halogens is 1. The van der Waals surface area contributed by atoms with Crippen LogP contribution >= 0.6 is 27.7 Å². The molecule has 0 radical (unpaired) electrons. The van der Waals surface area contributed by atoms with E-state index >= 15 is 0 Å². The van der Waals surface area contributed by atoms with Crippen molar-refractivity contribution in [1.82, 2.24) is 9.78 Å². The first-order valence-electron chi connectivity index (χ1n) is 4.17. The van der Waals surface area contributed by atoms with E-state index in [1.54, 1.807) is 13.3 Å². The van der Waals surface area contributed by atoms with Crippen molar-refractivity contribution in [3.05, 3.63) is 10.8 Å². The minimum absolute atomic E-state index is 0.531. The van der Waals surface area contributed by atoms with E-state index < -0.39 is 0 Å². The lowest BCUT2D eigenvalue weighted by atomic mass is 10.3. The average molecular weight is 263 g/mol. The maximum Gasteiger partial charge on any atom is 0.171 e. The molecule has 3 nitrogen and oxygen atoms in total. The summed E-state index contributed by atoms with van der Waals surface area (Å²) in [6.07, 6.45) is 2.96. The van der Waals surface area contributed by atoms with Crippen LogP contribution in [0.4, 0.5) is 0 Å². The van der Waals surface area contributed by atoms with Crippen LogP contribution in [-0.4, -0.2) is 28.4 Å². The number of nitrogens with zero attached hydrogens (tertiary/aromatic N) is 2. The van der Waals surface area contributed by atoms with Crippen LogP contribution in [-0.2, 0) is 0 Å². The molecule has 1 aromatic rings. The molecule has 0 aliphatic carbocycles. The minimum Gasteiger partial charge on any atom is -0.492 e. The molecule has 0 saturated carbocycles. The lowest BCUT2D eigenvalue weighted by Crippen LogP contribution is -2.09. The van der Waals surface area contributed by atoms with Gasteiger partial charge in [-0.3, -0.25) is 4.68 Å². The van der Waals surface area contributed by atoms with Gasteiger partial charge < -0.3 is 4.74 Å². The number of aromatic nitrogens is 2. The van der Waals surface area contributed by atoms with Crippen molar-refractivity contribution in [3.63, 3.8) is 0 Å². The van der Waals surface area contributed by atoms with Gasteiger partial charge in [-0.05, 0) is 28.1 Å². The molecule has 2 rings (SSSR count). The molecule has 1 unspecified atom stereocenters. The molecule has 1 atom stereocenters. The highest BCUT2D eigenvalue weighted by Crippen LogP contribution is 2.33. The Morgan fingerprint density at radius 3 is 3.15 bits per heavy atom. The molecule has 1 aliphatic heterocycles. The normalized spacial score (nSPS) is 22.2. The van der Waals surface area contributed by atoms with Crippen molar-refractivity contribution in [2.45, 2.75) is 12.5 Å². The van der Waals surface area contributed by atoms with Gasteiger partial charge in [-0.25, -0.2) is 0 Å². The SMILES string of the molecule is COc1cnn(C2CCSC2)c1Br. The second-order valence-corrected chi connectivity index (χ2v) is 4.87. The molecule has 1 saturated heterocycles. The molecule has 1 aliphatic rings. The van der Waals surface area contributed by atoms with Crippen LogP contribution in [0.2, 0.25) is 0 Å². The zero-order chi connectivity index (χ0) is 9.26. The molecule has 72 valence electrons. The van der Waals surface area contributed by atoms with Crippen LogP contribution < -0.4 is 4.74 Å². The topological polar surface area (TPSA) is 27.1 Å². The van der Waals surface area contributed by atoms with E-state index in [9.17, 15) is 0 Å². The summed E-state index contributed by atoms with van der Waals surface area (Å²) in [6, 6.07) is 0.531. The van der Waals surface area contributed by atoms with Crippen LogP contribution in [0.25, 0.3) is 0 Å². The van der Waals surface area contributed by atoms with Gasteiger partial charge in [0.25, 0.3) is 0 Å². The number of hydrogen-bond acceptors (Lipinski definition) is 3. The van der Waals surface area contributed by atoms with E-state index in [0.717, 1.165) is 16.1 Å². The molecule has 1 aromatic heterocycles. The molecule has 13 heavy (non-hydrogen) atoms. The van der Waals surface area contributed by atoms with Crippen LogP contribution in [0.15, 0.2) is 10.8 Å². The molecule has 0 N–H and O–H groups in total. The van der Waals surface area contributed by atoms with E-state index in [4.69, 9.17) is 4.74 Å². The van der Waals surface area contributed by atoms with Gasteiger partial charge in [-0.1, -0.05) is 0 Å². The summed E-state index contributed by atoms with van der Waals surface area (Å²) in [5.74, 6) is 3.21. The number of hydrogen-bond donors (Lipinski definition) is 0. The van der Waals surface area contributed by atoms with Crippen LogP contribution in [0.5, 0.6) is 5.75 Å². The van der Waals surface area contributed by atoms with Gasteiger partial charge in [-0.2, -0.15) is 16.9 Å². The predicted molar refractivity (Wildman–Crippen MR) is 57.5 cm³/mol. The van der Waals surface area contributed by atoms with Gasteiger partial charge >= 0.3 is 0 Å². The maximum absolute atomic E-state index is 5.15. The third-order valence-electron chi connectivity index (χ3n) is 2.18. The number of ether oxygens (including phenoxy) is 1. The number of methoxy groups -OCH3 is 1. The largest absolute Gasteiger partial charge is 0.492 e. The maximum atomic E-state index is 5.15. The van der Waals surface area contributed by atoms with Crippen molar-refractivity contribution in [2.24, 2.45) is 0 Å². The Bertz CT molecular complexity index is 296. The lowest BCUT2D eigenvalue weighted by Gasteiger charge is -2.10. The quantitative estimate of drug-likeness (QED) is 0.819. The van der Waals surface area contributed by atoms with Crippen molar-refractivity contribution in [2.75, 3.05) is 18.6 Å². The molecule has 0 aromatic carbocycles. The highest BCUT2D eigenvalue weighted by molar-refractivity contribution is 9.10. The van der Waals surface area contributed by atoms with Gasteiger partial charge in [-0.15, -0.1) is 0 Å². The molecule has 0 bridgehead atoms. The molecular weight excluding hydrogens is 252 g/mol. The summed E-state index contributed by atoms with van der Waals surface area (Å²) in [4.78, 5) is 0. The van der Waals surface area contributed by atoms with E-state index in [0.29, 0.717) is 6.04 Å². The van der Waals surface area contributed by atoms with Crippen LogP contribution in [0.3, 0.4) is 0 Å². The fourth-order valence-corrected chi connectivity index (χ4v) is 3.27.